The van der Waals surface area contributed by atoms with Gasteiger partial charge in [0.2, 0.25) is 0 Å². The van der Waals surface area contributed by atoms with E-state index in [9.17, 15) is 5.11 Å². The van der Waals surface area contributed by atoms with Crippen LogP contribution in [0.25, 0.3) is 0 Å². The highest BCUT2D eigenvalue weighted by Gasteiger charge is 2.13. The molecule has 0 aliphatic carbocycles. The predicted molar refractivity (Wildman–Crippen MR) is 89.9 cm³/mol. The summed E-state index contributed by atoms with van der Waals surface area (Å²) in [6.07, 6.45) is 0.0313. The van der Waals surface area contributed by atoms with Crippen LogP contribution in [0.4, 0.5) is 0 Å². The minimum atomic E-state index is -0.556. The molecule has 0 saturated carbocycles. The van der Waals surface area contributed by atoms with E-state index in [1.54, 1.807) is 7.11 Å². The largest absolute Gasteiger partial charge is 0.497 e. The first-order valence-electron chi connectivity index (χ1n) is 7.11. The zero-order valence-corrected chi connectivity index (χ0v) is 14.2. The van der Waals surface area contributed by atoms with E-state index in [0.717, 1.165) is 21.3 Å². The van der Waals surface area contributed by atoms with Crippen molar-refractivity contribution < 1.29 is 9.84 Å². The summed E-state index contributed by atoms with van der Waals surface area (Å²) in [5, 5.41) is 10.5. The van der Waals surface area contributed by atoms with Crippen LogP contribution in [0.15, 0.2) is 46.9 Å². The smallest absolute Gasteiger partial charge is 0.119 e. The molecular formula is C18H21BrO2. The Bertz CT molecular complexity index is 591. The summed E-state index contributed by atoms with van der Waals surface area (Å²) in [5.74, 6) is 1.28. The molecule has 0 aromatic heterocycles. The van der Waals surface area contributed by atoms with E-state index in [1.807, 2.05) is 18.2 Å². The number of methoxy groups -OCH3 is 1. The summed E-state index contributed by atoms with van der Waals surface area (Å²) in [7, 11) is 1.63. The molecule has 2 rings (SSSR count). The zero-order valence-electron chi connectivity index (χ0n) is 12.6. The van der Waals surface area contributed by atoms with Gasteiger partial charge in [-0.1, -0.05) is 54.0 Å². The molecule has 21 heavy (non-hydrogen) atoms. The zero-order chi connectivity index (χ0) is 15.4. The number of halogens is 1. The standard InChI is InChI=1S/C18H21BrO2/c1-12(2)14-6-4-13(5-7-14)10-18(20)16-11-15(21-3)8-9-17(16)19/h4-9,11-12,18,20H,10H2,1-3H3. The molecule has 0 fully saturated rings. The minimum absolute atomic E-state index is 0.525. The van der Waals surface area contributed by atoms with Crippen molar-refractivity contribution in [2.45, 2.75) is 32.3 Å². The molecule has 2 nitrogen and oxygen atoms in total. The molecule has 0 aliphatic heterocycles. The SMILES string of the molecule is COc1ccc(Br)c(C(O)Cc2ccc(C(C)C)cc2)c1. The maximum atomic E-state index is 10.5. The number of ether oxygens (including phenoxy) is 1. The normalized spacial score (nSPS) is 12.5. The van der Waals surface area contributed by atoms with Crippen molar-refractivity contribution in [3.05, 3.63) is 63.6 Å². The minimum Gasteiger partial charge on any atom is -0.497 e. The summed E-state index contributed by atoms with van der Waals surface area (Å²) in [6.45, 7) is 4.36. The molecule has 0 aliphatic rings. The molecule has 0 heterocycles. The molecule has 3 heteroatoms. The molecule has 1 N–H and O–H groups in total. The van der Waals surface area contributed by atoms with Crippen molar-refractivity contribution in [1.82, 2.24) is 0 Å². The van der Waals surface area contributed by atoms with Gasteiger partial charge in [-0.25, -0.2) is 0 Å². The highest BCUT2D eigenvalue weighted by molar-refractivity contribution is 9.10. The molecule has 2 aromatic carbocycles. The van der Waals surface area contributed by atoms with Gasteiger partial charge in [0.05, 0.1) is 13.2 Å². The number of hydrogen-bond donors (Lipinski definition) is 1. The molecule has 0 radical (unpaired) electrons. The van der Waals surface area contributed by atoms with Crippen molar-refractivity contribution in [3.8, 4) is 5.75 Å². The Labute approximate surface area is 134 Å². The number of aliphatic hydroxyl groups is 1. The first-order chi connectivity index (χ1) is 10.0. The average Bonchev–Trinajstić information content (AvgIpc) is 2.48. The van der Waals surface area contributed by atoms with Crippen LogP contribution in [0.1, 0.15) is 42.6 Å². The van der Waals surface area contributed by atoms with Crippen LogP contribution >= 0.6 is 15.9 Å². The lowest BCUT2D eigenvalue weighted by molar-refractivity contribution is 0.177. The van der Waals surface area contributed by atoms with Gasteiger partial charge in [-0.15, -0.1) is 0 Å². The van der Waals surface area contributed by atoms with Crippen LogP contribution in [0, 0.1) is 0 Å². The van der Waals surface area contributed by atoms with Gasteiger partial charge in [-0.3, -0.25) is 0 Å². The number of aliphatic hydroxyl groups excluding tert-OH is 1. The molecule has 0 saturated heterocycles. The molecule has 0 amide bonds. The van der Waals surface area contributed by atoms with Crippen LogP contribution < -0.4 is 4.74 Å². The van der Waals surface area contributed by atoms with Crippen LogP contribution in [-0.4, -0.2) is 12.2 Å². The topological polar surface area (TPSA) is 29.5 Å². The van der Waals surface area contributed by atoms with E-state index in [0.29, 0.717) is 12.3 Å². The summed E-state index contributed by atoms with van der Waals surface area (Å²) in [6, 6.07) is 14.1. The van der Waals surface area contributed by atoms with E-state index >= 15 is 0 Å². The number of rotatable bonds is 5. The predicted octanol–water partition coefficient (Wildman–Crippen LogP) is 4.86. The number of hydrogen-bond acceptors (Lipinski definition) is 2. The van der Waals surface area contributed by atoms with E-state index < -0.39 is 6.10 Å². The summed E-state index contributed by atoms with van der Waals surface area (Å²) in [4.78, 5) is 0. The average molecular weight is 349 g/mol. The van der Waals surface area contributed by atoms with Crippen molar-refractivity contribution in [1.29, 1.82) is 0 Å². The fraction of sp³-hybridized carbons (Fsp3) is 0.333. The van der Waals surface area contributed by atoms with Crippen LogP contribution in [0.3, 0.4) is 0 Å². The lowest BCUT2D eigenvalue weighted by atomic mass is 9.97. The van der Waals surface area contributed by atoms with E-state index in [2.05, 4.69) is 54.0 Å². The fourth-order valence-corrected chi connectivity index (χ4v) is 2.79. The van der Waals surface area contributed by atoms with Gasteiger partial charge < -0.3 is 9.84 Å². The molecule has 112 valence electrons. The quantitative estimate of drug-likeness (QED) is 0.836. The summed E-state index contributed by atoms with van der Waals surface area (Å²) >= 11 is 3.49. The Balaban J connectivity index is 2.15. The Kier molecular flexibility index (Phi) is 5.43. The highest BCUT2D eigenvalue weighted by Crippen LogP contribution is 2.30. The highest BCUT2D eigenvalue weighted by atomic mass is 79.9. The molecule has 0 spiro atoms. The first kappa shape index (κ1) is 16.1. The van der Waals surface area contributed by atoms with E-state index in [1.165, 1.54) is 5.56 Å². The third-order valence-electron chi connectivity index (χ3n) is 3.64. The monoisotopic (exact) mass is 348 g/mol. The van der Waals surface area contributed by atoms with Gasteiger partial charge in [0, 0.05) is 10.9 Å². The van der Waals surface area contributed by atoms with Crippen molar-refractivity contribution in [2.24, 2.45) is 0 Å². The summed E-state index contributed by atoms with van der Waals surface area (Å²) < 4.78 is 6.12. The first-order valence-corrected chi connectivity index (χ1v) is 7.91. The summed E-state index contributed by atoms with van der Waals surface area (Å²) in [5.41, 5.74) is 3.29. The van der Waals surface area contributed by atoms with E-state index in [4.69, 9.17) is 4.74 Å². The van der Waals surface area contributed by atoms with Gasteiger partial charge in [0.1, 0.15) is 5.75 Å². The van der Waals surface area contributed by atoms with Crippen molar-refractivity contribution in [2.75, 3.05) is 7.11 Å². The molecule has 2 aromatic rings. The van der Waals surface area contributed by atoms with Gasteiger partial charge in [-0.2, -0.15) is 0 Å². The Hall–Kier alpha value is -1.32. The Morgan fingerprint density at radius 1 is 1.10 bits per heavy atom. The maximum absolute atomic E-state index is 10.5. The van der Waals surface area contributed by atoms with Gasteiger partial charge >= 0.3 is 0 Å². The van der Waals surface area contributed by atoms with Crippen molar-refractivity contribution in [3.63, 3.8) is 0 Å². The lowest BCUT2D eigenvalue weighted by Crippen LogP contribution is -2.03. The maximum Gasteiger partial charge on any atom is 0.119 e. The van der Waals surface area contributed by atoms with Crippen LogP contribution in [-0.2, 0) is 6.42 Å². The second kappa shape index (κ2) is 7.10. The molecule has 1 unspecified atom stereocenters. The van der Waals surface area contributed by atoms with Gasteiger partial charge in [0.15, 0.2) is 0 Å². The lowest BCUT2D eigenvalue weighted by Gasteiger charge is -2.15. The second-order valence-corrected chi connectivity index (χ2v) is 6.36. The third kappa shape index (κ3) is 4.08. The van der Waals surface area contributed by atoms with Gasteiger partial charge in [-0.05, 0) is 40.8 Å². The molecule has 1 atom stereocenters. The third-order valence-corrected chi connectivity index (χ3v) is 4.36. The Morgan fingerprint density at radius 2 is 1.76 bits per heavy atom. The van der Waals surface area contributed by atoms with Gasteiger partial charge in [0.25, 0.3) is 0 Å². The van der Waals surface area contributed by atoms with Crippen LogP contribution in [0.5, 0.6) is 5.75 Å². The van der Waals surface area contributed by atoms with Crippen molar-refractivity contribution >= 4 is 15.9 Å². The van der Waals surface area contributed by atoms with Crippen LogP contribution in [0.2, 0.25) is 0 Å². The fourth-order valence-electron chi connectivity index (χ4n) is 2.28. The number of benzene rings is 2. The molecule has 0 bridgehead atoms. The second-order valence-electron chi connectivity index (χ2n) is 5.50. The Morgan fingerprint density at radius 3 is 2.33 bits per heavy atom. The van der Waals surface area contributed by atoms with E-state index in [-0.39, 0.29) is 0 Å². The molecular weight excluding hydrogens is 328 g/mol.